The zero-order valence-corrected chi connectivity index (χ0v) is 7.05. The normalized spacial score (nSPS) is 9.00. The van der Waals surface area contributed by atoms with E-state index in [4.69, 9.17) is 0 Å². The SMILES string of the molecule is CNC(=O)NNC(=O)c1ccc[nH]1. The fraction of sp³-hybridized carbons (Fsp3) is 0.143. The largest absolute Gasteiger partial charge is 0.357 e. The predicted molar refractivity (Wildman–Crippen MR) is 45.9 cm³/mol. The second-order valence-corrected chi connectivity index (χ2v) is 2.24. The molecule has 0 bridgehead atoms. The average Bonchev–Trinajstić information content (AvgIpc) is 2.66. The van der Waals surface area contributed by atoms with Crippen LogP contribution in [0.25, 0.3) is 0 Å². The second kappa shape index (κ2) is 4.15. The van der Waals surface area contributed by atoms with Gasteiger partial charge in [0.1, 0.15) is 5.69 Å². The van der Waals surface area contributed by atoms with Crippen molar-refractivity contribution in [3.05, 3.63) is 24.0 Å². The molecule has 0 saturated carbocycles. The first-order chi connectivity index (χ1) is 6.24. The highest BCUT2D eigenvalue weighted by Gasteiger charge is 2.05. The number of rotatable bonds is 1. The van der Waals surface area contributed by atoms with Gasteiger partial charge in [-0.05, 0) is 12.1 Å². The molecule has 0 unspecified atom stereocenters. The fourth-order valence-electron chi connectivity index (χ4n) is 0.715. The zero-order valence-electron chi connectivity index (χ0n) is 7.05. The Hall–Kier alpha value is -1.98. The summed E-state index contributed by atoms with van der Waals surface area (Å²) in [5, 5.41) is 2.29. The molecule has 3 amide bonds. The lowest BCUT2D eigenvalue weighted by molar-refractivity contribution is 0.0932. The Morgan fingerprint density at radius 1 is 1.38 bits per heavy atom. The summed E-state index contributed by atoms with van der Waals surface area (Å²) >= 11 is 0. The van der Waals surface area contributed by atoms with Crippen molar-refractivity contribution in [1.29, 1.82) is 0 Å². The van der Waals surface area contributed by atoms with Gasteiger partial charge >= 0.3 is 6.03 Å². The Balaban J connectivity index is 2.39. The first kappa shape index (κ1) is 9.11. The third-order valence-corrected chi connectivity index (χ3v) is 1.36. The number of aromatic nitrogens is 1. The fourth-order valence-corrected chi connectivity index (χ4v) is 0.715. The van der Waals surface area contributed by atoms with Crippen LogP contribution in [0.3, 0.4) is 0 Å². The van der Waals surface area contributed by atoms with Gasteiger partial charge in [0.15, 0.2) is 0 Å². The number of aromatic amines is 1. The van der Waals surface area contributed by atoms with Crippen molar-refractivity contribution in [2.45, 2.75) is 0 Å². The van der Waals surface area contributed by atoms with E-state index in [2.05, 4.69) is 21.2 Å². The Morgan fingerprint density at radius 2 is 2.15 bits per heavy atom. The lowest BCUT2D eigenvalue weighted by Crippen LogP contribution is -2.45. The maximum atomic E-state index is 11.1. The van der Waals surface area contributed by atoms with Gasteiger partial charge < -0.3 is 10.3 Å². The van der Waals surface area contributed by atoms with E-state index in [1.54, 1.807) is 18.3 Å². The summed E-state index contributed by atoms with van der Waals surface area (Å²) in [5.41, 5.74) is 4.74. The first-order valence-electron chi connectivity index (χ1n) is 3.65. The molecule has 0 aliphatic heterocycles. The van der Waals surface area contributed by atoms with E-state index in [0.29, 0.717) is 5.69 Å². The van der Waals surface area contributed by atoms with Crippen molar-refractivity contribution < 1.29 is 9.59 Å². The van der Waals surface area contributed by atoms with Crippen molar-refractivity contribution in [2.24, 2.45) is 0 Å². The van der Waals surface area contributed by atoms with Gasteiger partial charge in [-0.25, -0.2) is 10.2 Å². The van der Waals surface area contributed by atoms with Crippen LogP contribution in [0.15, 0.2) is 18.3 Å². The maximum absolute atomic E-state index is 11.1. The minimum absolute atomic E-state index is 0.386. The van der Waals surface area contributed by atoms with Crippen LogP contribution in [0.2, 0.25) is 0 Å². The summed E-state index contributed by atoms with van der Waals surface area (Å²) in [5.74, 6) is -0.395. The number of carbonyl (C=O) groups excluding carboxylic acids is 2. The molecular weight excluding hydrogens is 172 g/mol. The molecule has 4 N–H and O–H groups in total. The van der Waals surface area contributed by atoms with Gasteiger partial charge in [-0.2, -0.15) is 0 Å². The zero-order chi connectivity index (χ0) is 9.68. The van der Waals surface area contributed by atoms with Gasteiger partial charge in [0.2, 0.25) is 0 Å². The third-order valence-electron chi connectivity index (χ3n) is 1.36. The Labute approximate surface area is 74.7 Å². The minimum Gasteiger partial charge on any atom is -0.357 e. The van der Waals surface area contributed by atoms with Crippen LogP contribution in [-0.2, 0) is 0 Å². The molecule has 70 valence electrons. The summed E-state index contributed by atoms with van der Waals surface area (Å²) in [6.45, 7) is 0. The van der Waals surface area contributed by atoms with Gasteiger partial charge in [-0.15, -0.1) is 0 Å². The maximum Gasteiger partial charge on any atom is 0.333 e. The molecule has 1 aromatic rings. The molecule has 13 heavy (non-hydrogen) atoms. The Bertz CT molecular complexity index is 293. The number of H-pyrrole nitrogens is 1. The molecule has 0 fully saturated rings. The van der Waals surface area contributed by atoms with Crippen molar-refractivity contribution in [3.63, 3.8) is 0 Å². The van der Waals surface area contributed by atoms with Gasteiger partial charge in [0, 0.05) is 13.2 Å². The Kier molecular flexibility index (Phi) is 2.91. The smallest absolute Gasteiger partial charge is 0.333 e. The molecule has 0 aliphatic rings. The van der Waals surface area contributed by atoms with Crippen LogP contribution >= 0.6 is 0 Å². The molecular formula is C7H10N4O2. The number of nitrogens with one attached hydrogen (secondary N) is 4. The second-order valence-electron chi connectivity index (χ2n) is 2.24. The van der Waals surface area contributed by atoms with Crippen LogP contribution in [0, 0.1) is 0 Å². The molecule has 1 aromatic heterocycles. The van der Waals surface area contributed by atoms with Crippen molar-refractivity contribution in [3.8, 4) is 0 Å². The van der Waals surface area contributed by atoms with Crippen LogP contribution in [0.1, 0.15) is 10.5 Å². The van der Waals surface area contributed by atoms with E-state index in [1.807, 2.05) is 0 Å². The van der Waals surface area contributed by atoms with Crippen molar-refractivity contribution in [1.82, 2.24) is 21.2 Å². The van der Waals surface area contributed by atoms with Gasteiger partial charge in [-0.3, -0.25) is 10.2 Å². The molecule has 0 aliphatic carbocycles. The number of hydrogen-bond donors (Lipinski definition) is 4. The van der Waals surface area contributed by atoms with Crippen molar-refractivity contribution >= 4 is 11.9 Å². The number of hydrogen-bond acceptors (Lipinski definition) is 2. The van der Waals surface area contributed by atoms with E-state index in [1.165, 1.54) is 7.05 Å². The van der Waals surface area contributed by atoms with E-state index in [9.17, 15) is 9.59 Å². The highest BCUT2D eigenvalue weighted by atomic mass is 16.2. The van der Waals surface area contributed by atoms with Gasteiger partial charge in [0.05, 0.1) is 0 Å². The first-order valence-corrected chi connectivity index (χ1v) is 3.65. The predicted octanol–water partition coefficient (Wildman–Crippen LogP) is -0.412. The molecule has 1 rings (SSSR count). The van der Waals surface area contributed by atoms with Crippen LogP contribution < -0.4 is 16.2 Å². The van der Waals surface area contributed by atoms with Crippen molar-refractivity contribution in [2.75, 3.05) is 7.05 Å². The molecule has 0 atom stereocenters. The van der Waals surface area contributed by atoms with Crippen LogP contribution in [0.5, 0.6) is 0 Å². The molecule has 1 heterocycles. The third kappa shape index (κ3) is 2.51. The molecule has 6 nitrogen and oxygen atoms in total. The lowest BCUT2D eigenvalue weighted by atomic mass is 10.4. The summed E-state index contributed by atoms with van der Waals surface area (Å²) in [6.07, 6.45) is 1.62. The standard InChI is InChI=1S/C7H10N4O2/c1-8-7(13)11-10-6(12)5-3-2-4-9-5/h2-4,9H,1H3,(H,10,12)(H2,8,11,13). The lowest BCUT2D eigenvalue weighted by Gasteiger charge is -2.04. The number of hydrazine groups is 1. The Morgan fingerprint density at radius 3 is 2.69 bits per heavy atom. The quantitative estimate of drug-likeness (QED) is 0.445. The number of urea groups is 1. The average molecular weight is 182 g/mol. The van der Waals surface area contributed by atoms with E-state index in [0.717, 1.165) is 0 Å². The summed E-state index contributed by atoms with van der Waals surface area (Å²) in [4.78, 5) is 24.5. The van der Waals surface area contributed by atoms with Gasteiger partial charge in [-0.1, -0.05) is 0 Å². The van der Waals surface area contributed by atoms with E-state index in [-0.39, 0.29) is 0 Å². The highest BCUT2D eigenvalue weighted by molar-refractivity contribution is 5.93. The van der Waals surface area contributed by atoms with Gasteiger partial charge in [0.25, 0.3) is 5.91 Å². The summed E-state index contributed by atoms with van der Waals surface area (Å²) in [7, 11) is 1.45. The summed E-state index contributed by atoms with van der Waals surface area (Å²) < 4.78 is 0. The van der Waals surface area contributed by atoms with Crippen LogP contribution in [0.4, 0.5) is 4.79 Å². The van der Waals surface area contributed by atoms with E-state index >= 15 is 0 Å². The molecule has 0 aromatic carbocycles. The monoisotopic (exact) mass is 182 g/mol. The molecule has 0 spiro atoms. The number of carbonyl (C=O) groups is 2. The highest BCUT2D eigenvalue weighted by Crippen LogP contribution is 1.91. The number of amides is 3. The minimum atomic E-state index is -0.472. The molecule has 0 radical (unpaired) electrons. The topological polar surface area (TPSA) is 86.0 Å². The molecule has 6 heteroatoms. The van der Waals surface area contributed by atoms with E-state index < -0.39 is 11.9 Å². The summed E-state index contributed by atoms with van der Waals surface area (Å²) in [6, 6.07) is 2.82. The van der Waals surface area contributed by atoms with Crippen LogP contribution in [-0.4, -0.2) is 24.0 Å². The molecule has 0 saturated heterocycles.